The minimum absolute atomic E-state index is 0.0577. The summed E-state index contributed by atoms with van der Waals surface area (Å²) in [5.74, 6) is 0.840. The average molecular weight is 382 g/mol. The van der Waals surface area contributed by atoms with Crippen LogP contribution in [-0.2, 0) is 4.79 Å². The van der Waals surface area contributed by atoms with E-state index >= 15 is 0 Å². The molecule has 1 aliphatic heterocycles. The Hall–Kier alpha value is -3.02. The lowest BCUT2D eigenvalue weighted by molar-refractivity contribution is -0.124. The van der Waals surface area contributed by atoms with Gasteiger partial charge in [-0.05, 0) is 49.6 Å². The Morgan fingerprint density at radius 2 is 1.71 bits per heavy atom. The lowest BCUT2D eigenvalue weighted by Crippen LogP contribution is -2.50. The summed E-state index contributed by atoms with van der Waals surface area (Å²) in [6, 6.07) is 12.0. The smallest absolute Gasteiger partial charge is 0.251 e. The van der Waals surface area contributed by atoms with Gasteiger partial charge >= 0.3 is 0 Å². The topological polar surface area (TPSA) is 76.7 Å². The highest BCUT2D eigenvalue weighted by Crippen LogP contribution is 2.34. The highest BCUT2D eigenvalue weighted by atomic mass is 16.7. The maximum atomic E-state index is 12.9. The molecular formula is C22H26N2O4. The van der Waals surface area contributed by atoms with E-state index in [-0.39, 0.29) is 30.6 Å². The van der Waals surface area contributed by atoms with Crippen molar-refractivity contribution in [3.63, 3.8) is 0 Å². The molecule has 28 heavy (non-hydrogen) atoms. The van der Waals surface area contributed by atoms with Crippen molar-refractivity contribution in [3.8, 4) is 11.5 Å². The first kappa shape index (κ1) is 19.7. The second-order valence-electron chi connectivity index (χ2n) is 7.41. The summed E-state index contributed by atoms with van der Waals surface area (Å²) in [5.41, 5.74) is 2.45. The zero-order valence-corrected chi connectivity index (χ0v) is 16.6. The number of fused-ring (bicyclic) bond motifs is 1. The van der Waals surface area contributed by atoms with Gasteiger partial charge in [0.05, 0.1) is 6.04 Å². The van der Waals surface area contributed by atoms with Crippen molar-refractivity contribution in [2.45, 2.75) is 39.8 Å². The van der Waals surface area contributed by atoms with Crippen molar-refractivity contribution in [1.29, 1.82) is 0 Å². The Kier molecular flexibility index (Phi) is 5.87. The molecule has 2 aromatic carbocycles. The van der Waals surface area contributed by atoms with Crippen molar-refractivity contribution in [2.75, 3.05) is 6.79 Å². The largest absolute Gasteiger partial charge is 0.454 e. The maximum absolute atomic E-state index is 12.9. The van der Waals surface area contributed by atoms with Crippen LogP contribution in [0.5, 0.6) is 11.5 Å². The number of hydrogen-bond acceptors (Lipinski definition) is 4. The molecule has 1 aliphatic rings. The van der Waals surface area contributed by atoms with E-state index in [9.17, 15) is 9.59 Å². The molecule has 3 rings (SSSR count). The number of rotatable bonds is 6. The molecule has 0 aliphatic carbocycles. The Balaban J connectivity index is 1.68. The predicted octanol–water partition coefficient (Wildman–Crippen LogP) is 3.36. The molecule has 148 valence electrons. The predicted molar refractivity (Wildman–Crippen MR) is 106 cm³/mol. The van der Waals surface area contributed by atoms with Crippen LogP contribution in [0.2, 0.25) is 0 Å². The summed E-state index contributed by atoms with van der Waals surface area (Å²) < 4.78 is 10.7. The van der Waals surface area contributed by atoms with E-state index in [4.69, 9.17) is 9.47 Å². The maximum Gasteiger partial charge on any atom is 0.251 e. The van der Waals surface area contributed by atoms with Crippen LogP contribution in [0.15, 0.2) is 42.5 Å². The van der Waals surface area contributed by atoms with Gasteiger partial charge < -0.3 is 20.1 Å². The summed E-state index contributed by atoms with van der Waals surface area (Å²) in [4.78, 5) is 25.4. The quantitative estimate of drug-likeness (QED) is 0.803. The Morgan fingerprint density at radius 3 is 2.43 bits per heavy atom. The third kappa shape index (κ3) is 4.44. The molecule has 6 heteroatoms. The average Bonchev–Trinajstić information content (AvgIpc) is 3.13. The van der Waals surface area contributed by atoms with Crippen LogP contribution >= 0.6 is 0 Å². The molecule has 0 saturated carbocycles. The van der Waals surface area contributed by atoms with Gasteiger partial charge in [0.15, 0.2) is 11.5 Å². The lowest BCUT2D eigenvalue weighted by atomic mass is 10.0. The molecule has 0 spiro atoms. The number of carbonyl (C=O) groups excluding carboxylic acids is 2. The van der Waals surface area contributed by atoms with E-state index < -0.39 is 6.04 Å². The van der Waals surface area contributed by atoms with Crippen LogP contribution < -0.4 is 20.1 Å². The number of nitrogens with one attached hydrogen (secondary N) is 2. The fraction of sp³-hybridized carbons (Fsp3) is 0.364. The summed E-state index contributed by atoms with van der Waals surface area (Å²) in [6.45, 7) is 7.85. The first-order chi connectivity index (χ1) is 13.3. The van der Waals surface area contributed by atoms with Crippen LogP contribution in [0.3, 0.4) is 0 Å². The van der Waals surface area contributed by atoms with Crippen LogP contribution in [0, 0.1) is 12.8 Å². The molecule has 0 aromatic heterocycles. The standard InChI is InChI=1S/C22H26N2O4/c1-13(2)20(24-21(25)17-7-5-6-14(3)10-17)22(26)23-15(4)16-8-9-18-19(11-16)28-12-27-18/h5-11,13,15,20H,12H2,1-4H3,(H,23,26)(H,24,25)/t15-,20-/m1/s1. The van der Waals surface area contributed by atoms with Gasteiger partial charge in [-0.25, -0.2) is 0 Å². The molecule has 0 saturated heterocycles. The molecule has 2 aromatic rings. The van der Waals surface area contributed by atoms with Crippen molar-refractivity contribution in [3.05, 3.63) is 59.2 Å². The van der Waals surface area contributed by atoms with Gasteiger partial charge in [-0.3, -0.25) is 9.59 Å². The van der Waals surface area contributed by atoms with Gasteiger partial charge in [0.2, 0.25) is 12.7 Å². The van der Waals surface area contributed by atoms with Gasteiger partial charge in [0.1, 0.15) is 6.04 Å². The minimum atomic E-state index is -0.635. The van der Waals surface area contributed by atoms with Crippen LogP contribution in [-0.4, -0.2) is 24.6 Å². The van der Waals surface area contributed by atoms with E-state index in [1.165, 1.54) is 0 Å². The number of hydrogen-bond donors (Lipinski definition) is 2. The van der Waals surface area contributed by atoms with Crippen molar-refractivity contribution in [2.24, 2.45) is 5.92 Å². The van der Waals surface area contributed by atoms with Crippen LogP contribution in [0.25, 0.3) is 0 Å². The molecule has 0 radical (unpaired) electrons. The van der Waals surface area contributed by atoms with E-state index in [1.807, 2.05) is 58.0 Å². The third-order valence-corrected chi connectivity index (χ3v) is 4.77. The monoisotopic (exact) mass is 382 g/mol. The lowest BCUT2D eigenvalue weighted by Gasteiger charge is -2.24. The molecular weight excluding hydrogens is 356 g/mol. The second kappa shape index (κ2) is 8.33. The first-order valence-corrected chi connectivity index (χ1v) is 9.42. The van der Waals surface area contributed by atoms with Crippen molar-refractivity contribution >= 4 is 11.8 Å². The highest BCUT2D eigenvalue weighted by molar-refractivity contribution is 5.97. The molecule has 2 amide bonds. The van der Waals surface area contributed by atoms with Gasteiger partial charge in [-0.15, -0.1) is 0 Å². The summed E-state index contributed by atoms with van der Waals surface area (Å²) in [6.07, 6.45) is 0. The van der Waals surface area contributed by atoms with E-state index in [1.54, 1.807) is 12.1 Å². The van der Waals surface area contributed by atoms with Crippen LogP contribution in [0.1, 0.15) is 48.3 Å². The summed E-state index contributed by atoms with van der Waals surface area (Å²) >= 11 is 0. The summed E-state index contributed by atoms with van der Waals surface area (Å²) in [7, 11) is 0. The molecule has 1 heterocycles. The summed E-state index contributed by atoms with van der Waals surface area (Å²) in [5, 5.41) is 5.85. The number of aryl methyl sites for hydroxylation is 1. The normalized spacial score (nSPS) is 14.5. The van der Waals surface area contributed by atoms with Gasteiger partial charge in [-0.1, -0.05) is 37.6 Å². The molecule has 6 nitrogen and oxygen atoms in total. The third-order valence-electron chi connectivity index (χ3n) is 4.77. The SMILES string of the molecule is Cc1cccc(C(=O)N[C@@H](C(=O)N[C@H](C)c2ccc3c(c2)OCO3)C(C)C)c1. The van der Waals surface area contributed by atoms with Crippen molar-refractivity contribution in [1.82, 2.24) is 10.6 Å². The zero-order valence-electron chi connectivity index (χ0n) is 16.6. The number of carbonyl (C=O) groups is 2. The Bertz CT molecular complexity index is 879. The number of ether oxygens (including phenoxy) is 2. The molecule has 2 atom stereocenters. The van der Waals surface area contributed by atoms with E-state index in [0.29, 0.717) is 17.1 Å². The minimum Gasteiger partial charge on any atom is -0.454 e. The van der Waals surface area contributed by atoms with Crippen molar-refractivity contribution < 1.29 is 19.1 Å². The Morgan fingerprint density at radius 1 is 0.964 bits per heavy atom. The fourth-order valence-corrected chi connectivity index (χ4v) is 3.11. The Labute approximate surface area is 165 Å². The first-order valence-electron chi connectivity index (χ1n) is 9.42. The molecule has 2 N–H and O–H groups in total. The van der Waals surface area contributed by atoms with E-state index in [2.05, 4.69) is 10.6 Å². The number of amides is 2. The fourth-order valence-electron chi connectivity index (χ4n) is 3.11. The zero-order chi connectivity index (χ0) is 20.3. The molecule has 0 bridgehead atoms. The van der Waals surface area contributed by atoms with E-state index in [0.717, 1.165) is 11.1 Å². The molecule has 0 fully saturated rings. The van der Waals surface area contributed by atoms with Gasteiger partial charge in [-0.2, -0.15) is 0 Å². The molecule has 0 unspecified atom stereocenters. The highest BCUT2D eigenvalue weighted by Gasteiger charge is 2.26. The second-order valence-corrected chi connectivity index (χ2v) is 7.41. The van der Waals surface area contributed by atoms with Crippen LogP contribution in [0.4, 0.5) is 0 Å². The van der Waals surface area contributed by atoms with Gasteiger partial charge in [0.25, 0.3) is 5.91 Å². The number of benzene rings is 2. The van der Waals surface area contributed by atoms with Gasteiger partial charge in [0, 0.05) is 5.56 Å².